The van der Waals surface area contributed by atoms with Crippen molar-refractivity contribution in [2.24, 2.45) is 0 Å². The van der Waals surface area contributed by atoms with E-state index < -0.39 is 24.4 Å². The molecule has 4 atom stereocenters. The number of aliphatic hydroxyl groups is 2. The molecule has 0 spiro atoms. The van der Waals surface area contributed by atoms with Crippen molar-refractivity contribution in [1.82, 2.24) is 15.6 Å². The van der Waals surface area contributed by atoms with E-state index in [2.05, 4.69) is 15.6 Å². The number of aromatic nitrogens is 1. The Bertz CT molecular complexity index is 875. The fourth-order valence-corrected chi connectivity index (χ4v) is 3.33. The number of ether oxygens (including phenoxy) is 1. The maximum atomic E-state index is 12.4. The van der Waals surface area contributed by atoms with Crippen LogP contribution in [-0.2, 0) is 16.1 Å². The van der Waals surface area contributed by atoms with Crippen LogP contribution in [0.25, 0.3) is 0 Å². The molecule has 3 rings (SSSR count). The summed E-state index contributed by atoms with van der Waals surface area (Å²) < 4.78 is 5.65. The van der Waals surface area contributed by atoms with Gasteiger partial charge in [-0.25, -0.2) is 0 Å². The maximum Gasteiger partial charge on any atom is 0.251 e. The average molecular weight is 428 g/mol. The summed E-state index contributed by atoms with van der Waals surface area (Å²) in [7, 11) is 3.82. The summed E-state index contributed by atoms with van der Waals surface area (Å²) in [6.07, 6.45) is -0.890. The van der Waals surface area contributed by atoms with Gasteiger partial charge in [-0.1, -0.05) is 6.07 Å². The highest BCUT2D eigenvalue weighted by atomic mass is 16.5. The number of nitrogens with zero attached hydrogens (tertiary/aromatic N) is 2. The van der Waals surface area contributed by atoms with Crippen LogP contribution in [0.3, 0.4) is 0 Å². The van der Waals surface area contributed by atoms with Crippen LogP contribution in [0, 0.1) is 0 Å². The normalized spacial score (nSPS) is 22.7. The number of amides is 2. The van der Waals surface area contributed by atoms with E-state index in [9.17, 15) is 19.8 Å². The monoisotopic (exact) mass is 428 g/mol. The molecular formula is C22H28N4O5. The van der Waals surface area contributed by atoms with Gasteiger partial charge in [0.1, 0.15) is 18.3 Å². The molecule has 4 unspecified atom stereocenters. The van der Waals surface area contributed by atoms with Crippen molar-refractivity contribution in [1.29, 1.82) is 0 Å². The Morgan fingerprint density at radius 2 is 1.77 bits per heavy atom. The summed E-state index contributed by atoms with van der Waals surface area (Å²) in [5.41, 5.74) is 2.30. The quantitative estimate of drug-likeness (QED) is 0.469. The number of anilines is 1. The second-order valence-corrected chi connectivity index (χ2v) is 7.69. The smallest absolute Gasteiger partial charge is 0.251 e. The zero-order chi connectivity index (χ0) is 22.4. The highest BCUT2D eigenvalue weighted by Gasteiger charge is 2.43. The summed E-state index contributed by atoms with van der Waals surface area (Å²) in [5.74, 6) is -0.626. The Morgan fingerprint density at radius 3 is 2.42 bits per heavy atom. The molecule has 1 aliphatic heterocycles. The fraction of sp³-hybridized carbons (Fsp3) is 0.409. The van der Waals surface area contributed by atoms with Gasteiger partial charge in [-0.15, -0.1) is 0 Å². The molecule has 2 amide bonds. The van der Waals surface area contributed by atoms with Crippen molar-refractivity contribution in [3.63, 3.8) is 0 Å². The van der Waals surface area contributed by atoms with Gasteiger partial charge in [0.05, 0.1) is 12.5 Å². The zero-order valence-corrected chi connectivity index (χ0v) is 17.6. The van der Waals surface area contributed by atoms with Gasteiger partial charge in [-0.05, 0) is 35.9 Å². The first kappa shape index (κ1) is 22.7. The van der Waals surface area contributed by atoms with Crippen LogP contribution < -0.4 is 15.5 Å². The van der Waals surface area contributed by atoms with Crippen LogP contribution in [0.4, 0.5) is 5.69 Å². The van der Waals surface area contributed by atoms with E-state index in [4.69, 9.17) is 4.74 Å². The molecule has 1 aromatic heterocycles. The first-order chi connectivity index (χ1) is 14.8. The lowest BCUT2D eigenvalue weighted by molar-refractivity contribution is -0.125. The molecule has 9 nitrogen and oxygen atoms in total. The van der Waals surface area contributed by atoms with Crippen LogP contribution in [0.1, 0.15) is 22.3 Å². The maximum absolute atomic E-state index is 12.4. The Morgan fingerprint density at radius 1 is 1.06 bits per heavy atom. The van der Waals surface area contributed by atoms with E-state index in [-0.39, 0.29) is 24.8 Å². The molecule has 1 fully saturated rings. The summed E-state index contributed by atoms with van der Waals surface area (Å²) >= 11 is 0. The molecule has 0 radical (unpaired) electrons. The lowest BCUT2D eigenvalue weighted by Crippen LogP contribution is -2.40. The van der Waals surface area contributed by atoms with E-state index in [0.717, 1.165) is 11.3 Å². The van der Waals surface area contributed by atoms with Gasteiger partial charge in [0.2, 0.25) is 5.91 Å². The van der Waals surface area contributed by atoms with Gasteiger partial charge < -0.3 is 30.5 Å². The van der Waals surface area contributed by atoms with E-state index in [0.29, 0.717) is 12.1 Å². The number of hydrogen-bond donors (Lipinski definition) is 4. The Hall–Kier alpha value is -3.01. The summed E-state index contributed by atoms with van der Waals surface area (Å²) in [6, 6.07) is 10.7. The van der Waals surface area contributed by atoms with Gasteiger partial charge in [-0.2, -0.15) is 0 Å². The zero-order valence-electron chi connectivity index (χ0n) is 17.6. The first-order valence-electron chi connectivity index (χ1n) is 10.1. The Labute approximate surface area is 181 Å². The van der Waals surface area contributed by atoms with Crippen molar-refractivity contribution < 1.29 is 24.5 Å². The number of aliphatic hydroxyl groups excluding tert-OH is 2. The number of carbonyl (C=O) groups excluding carboxylic acids is 2. The van der Waals surface area contributed by atoms with E-state index in [1.165, 1.54) is 0 Å². The van der Waals surface area contributed by atoms with Crippen molar-refractivity contribution in [2.45, 2.75) is 37.4 Å². The van der Waals surface area contributed by atoms with Crippen molar-refractivity contribution in [3.05, 3.63) is 59.9 Å². The van der Waals surface area contributed by atoms with Gasteiger partial charge >= 0.3 is 0 Å². The van der Waals surface area contributed by atoms with Crippen LogP contribution in [-0.4, -0.2) is 72.1 Å². The number of hydrogen-bond acceptors (Lipinski definition) is 7. The molecule has 31 heavy (non-hydrogen) atoms. The molecule has 0 bridgehead atoms. The lowest BCUT2D eigenvalue weighted by atomic mass is 10.1. The SMILES string of the molecule is CN(C)c1ccc(C(=O)NCC2OC(CC(=O)NCc3cccnc3)C(O)C2O)cc1. The molecule has 9 heteroatoms. The second kappa shape index (κ2) is 10.3. The van der Waals surface area contributed by atoms with E-state index in [1.54, 1.807) is 30.6 Å². The summed E-state index contributed by atoms with van der Waals surface area (Å²) in [5, 5.41) is 25.9. The predicted octanol–water partition coefficient (Wildman–Crippen LogP) is 0.0731. The molecular weight excluding hydrogens is 400 g/mol. The third kappa shape index (κ3) is 6.00. The van der Waals surface area contributed by atoms with Gasteiger partial charge in [0.15, 0.2) is 0 Å². The van der Waals surface area contributed by atoms with Crippen LogP contribution in [0.2, 0.25) is 0 Å². The van der Waals surface area contributed by atoms with Crippen LogP contribution in [0.15, 0.2) is 48.8 Å². The number of benzene rings is 1. The third-order valence-electron chi connectivity index (χ3n) is 5.17. The third-order valence-corrected chi connectivity index (χ3v) is 5.17. The van der Waals surface area contributed by atoms with Gasteiger partial charge in [0, 0.05) is 50.8 Å². The molecule has 166 valence electrons. The summed E-state index contributed by atoms with van der Waals surface area (Å²) in [6.45, 7) is 0.324. The minimum absolute atomic E-state index is 0.0142. The fourth-order valence-electron chi connectivity index (χ4n) is 3.33. The van der Waals surface area contributed by atoms with Crippen LogP contribution >= 0.6 is 0 Å². The highest BCUT2D eigenvalue weighted by Crippen LogP contribution is 2.23. The Kier molecular flexibility index (Phi) is 7.56. The molecule has 4 N–H and O–H groups in total. The van der Waals surface area contributed by atoms with Crippen LogP contribution in [0.5, 0.6) is 0 Å². The highest BCUT2D eigenvalue weighted by molar-refractivity contribution is 5.94. The predicted molar refractivity (Wildman–Crippen MR) is 114 cm³/mol. The molecule has 0 saturated carbocycles. The van der Waals surface area contributed by atoms with E-state index in [1.807, 2.05) is 37.2 Å². The molecule has 2 aromatic rings. The standard InChI is InChI=1S/C22H28N4O5/c1-26(2)16-7-5-15(6-8-16)22(30)25-13-18-21(29)20(28)17(31-18)10-19(27)24-12-14-4-3-9-23-11-14/h3-9,11,17-18,20-21,28-29H,10,12-13H2,1-2H3,(H,24,27)(H,25,30). The van der Waals surface area contributed by atoms with Crippen molar-refractivity contribution in [2.75, 3.05) is 25.5 Å². The molecule has 1 aromatic carbocycles. The average Bonchev–Trinajstić information content (AvgIpc) is 3.04. The van der Waals surface area contributed by atoms with Gasteiger partial charge in [-0.3, -0.25) is 14.6 Å². The molecule has 1 saturated heterocycles. The number of rotatable bonds is 8. The number of carbonyl (C=O) groups is 2. The molecule has 2 heterocycles. The number of pyridine rings is 1. The molecule has 1 aliphatic rings. The van der Waals surface area contributed by atoms with Crippen molar-refractivity contribution in [3.8, 4) is 0 Å². The lowest BCUT2D eigenvalue weighted by Gasteiger charge is -2.16. The minimum Gasteiger partial charge on any atom is -0.388 e. The van der Waals surface area contributed by atoms with Crippen molar-refractivity contribution >= 4 is 17.5 Å². The molecule has 0 aliphatic carbocycles. The van der Waals surface area contributed by atoms with E-state index >= 15 is 0 Å². The Balaban J connectivity index is 1.47. The summed E-state index contributed by atoms with van der Waals surface area (Å²) in [4.78, 5) is 30.4. The first-order valence-corrected chi connectivity index (χ1v) is 10.1. The largest absolute Gasteiger partial charge is 0.388 e. The topological polar surface area (TPSA) is 124 Å². The second-order valence-electron chi connectivity index (χ2n) is 7.69. The minimum atomic E-state index is -1.22. The van der Waals surface area contributed by atoms with Gasteiger partial charge in [0.25, 0.3) is 5.91 Å². The number of nitrogens with one attached hydrogen (secondary N) is 2.